The summed E-state index contributed by atoms with van der Waals surface area (Å²) in [5.74, 6) is 0.756. The molecule has 3 rings (SSSR count). The molecule has 2 fully saturated rings. The van der Waals surface area contributed by atoms with Crippen LogP contribution in [0.3, 0.4) is 0 Å². The van der Waals surface area contributed by atoms with Gasteiger partial charge in [0.15, 0.2) is 0 Å². The Kier molecular flexibility index (Phi) is 6.36. The van der Waals surface area contributed by atoms with E-state index in [0.717, 1.165) is 37.1 Å². The zero-order valence-corrected chi connectivity index (χ0v) is 15.5. The summed E-state index contributed by atoms with van der Waals surface area (Å²) < 4.78 is 5.13. The first kappa shape index (κ1) is 18.5. The third kappa shape index (κ3) is 4.90. The van der Waals surface area contributed by atoms with Gasteiger partial charge in [0.25, 0.3) is 0 Å². The summed E-state index contributed by atoms with van der Waals surface area (Å²) in [4.78, 5) is 26.9. The number of anilines is 1. The monoisotopic (exact) mass is 359 g/mol. The molecule has 1 aliphatic heterocycles. The fourth-order valence-corrected chi connectivity index (χ4v) is 3.82. The van der Waals surface area contributed by atoms with Crippen LogP contribution in [-0.2, 0) is 4.79 Å². The molecule has 1 saturated heterocycles. The minimum absolute atomic E-state index is 0.104. The molecule has 3 amide bonds. The SMILES string of the molecule is COc1ccc(NC(=O)N2CCC[C@H](C(=O)NC3CCCCC3)C2)cc1. The lowest BCUT2D eigenvalue weighted by Crippen LogP contribution is -2.48. The molecule has 6 nitrogen and oxygen atoms in total. The summed E-state index contributed by atoms with van der Waals surface area (Å²) in [6.45, 7) is 1.18. The molecule has 1 aromatic rings. The second-order valence-electron chi connectivity index (χ2n) is 7.29. The van der Waals surface area contributed by atoms with Gasteiger partial charge < -0.3 is 20.3 Å². The summed E-state index contributed by atoms with van der Waals surface area (Å²) in [5.41, 5.74) is 0.726. The summed E-state index contributed by atoms with van der Waals surface area (Å²) in [7, 11) is 1.61. The number of amides is 3. The Hall–Kier alpha value is -2.24. The van der Waals surface area contributed by atoms with Crippen molar-refractivity contribution in [2.24, 2.45) is 5.92 Å². The van der Waals surface area contributed by atoms with Gasteiger partial charge in [-0.15, -0.1) is 0 Å². The Morgan fingerprint density at radius 3 is 2.46 bits per heavy atom. The molecule has 2 N–H and O–H groups in total. The number of hydrogen-bond donors (Lipinski definition) is 2. The zero-order valence-electron chi connectivity index (χ0n) is 15.5. The van der Waals surface area contributed by atoms with Crippen molar-refractivity contribution in [2.45, 2.75) is 51.0 Å². The van der Waals surface area contributed by atoms with Crippen LogP contribution >= 0.6 is 0 Å². The molecule has 1 saturated carbocycles. The topological polar surface area (TPSA) is 70.7 Å². The second kappa shape index (κ2) is 8.92. The van der Waals surface area contributed by atoms with Crippen LogP contribution in [0.15, 0.2) is 24.3 Å². The average molecular weight is 359 g/mol. The van der Waals surface area contributed by atoms with Crippen LogP contribution in [0.4, 0.5) is 10.5 Å². The maximum Gasteiger partial charge on any atom is 0.321 e. The van der Waals surface area contributed by atoms with E-state index in [1.54, 1.807) is 12.0 Å². The second-order valence-corrected chi connectivity index (χ2v) is 7.29. The number of rotatable bonds is 4. The van der Waals surface area contributed by atoms with Gasteiger partial charge in [-0.2, -0.15) is 0 Å². The quantitative estimate of drug-likeness (QED) is 0.866. The highest BCUT2D eigenvalue weighted by Gasteiger charge is 2.29. The Morgan fingerprint density at radius 2 is 1.77 bits per heavy atom. The van der Waals surface area contributed by atoms with Gasteiger partial charge in [-0.1, -0.05) is 19.3 Å². The van der Waals surface area contributed by atoms with Gasteiger partial charge >= 0.3 is 6.03 Å². The van der Waals surface area contributed by atoms with Crippen molar-refractivity contribution >= 4 is 17.6 Å². The van der Waals surface area contributed by atoms with Crippen LogP contribution < -0.4 is 15.4 Å². The molecule has 0 radical (unpaired) electrons. The van der Waals surface area contributed by atoms with Gasteiger partial charge in [-0.25, -0.2) is 4.79 Å². The highest BCUT2D eigenvalue weighted by molar-refractivity contribution is 5.90. The molecule has 26 heavy (non-hydrogen) atoms. The number of hydrogen-bond acceptors (Lipinski definition) is 3. The number of carbonyl (C=O) groups excluding carboxylic acids is 2. The number of nitrogens with one attached hydrogen (secondary N) is 2. The summed E-state index contributed by atoms with van der Waals surface area (Å²) in [5, 5.41) is 6.10. The minimum Gasteiger partial charge on any atom is -0.497 e. The third-order valence-corrected chi connectivity index (χ3v) is 5.37. The number of carbonyl (C=O) groups is 2. The number of piperidine rings is 1. The van der Waals surface area contributed by atoms with E-state index in [2.05, 4.69) is 10.6 Å². The summed E-state index contributed by atoms with van der Waals surface area (Å²) >= 11 is 0. The lowest BCUT2D eigenvalue weighted by atomic mass is 9.93. The number of ether oxygens (including phenoxy) is 1. The number of benzene rings is 1. The zero-order chi connectivity index (χ0) is 18.4. The normalized spacial score (nSPS) is 21.1. The number of likely N-dealkylation sites (tertiary alicyclic amines) is 1. The first-order valence-electron chi connectivity index (χ1n) is 9.66. The maximum absolute atomic E-state index is 12.6. The van der Waals surface area contributed by atoms with E-state index in [-0.39, 0.29) is 17.9 Å². The van der Waals surface area contributed by atoms with E-state index in [1.807, 2.05) is 24.3 Å². The van der Waals surface area contributed by atoms with Crippen molar-refractivity contribution in [1.82, 2.24) is 10.2 Å². The van der Waals surface area contributed by atoms with E-state index >= 15 is 0 Å². The number of nitrogens with zero attached hydrogens (tertiary/aromatic N) is 1. The van der Waals surface area contributed by atoms with Crippen molar-refractivity contribution < 1.29 is 14.3 Å². The van der Waals surface area contributed by atoms with Gasteiger partial charge in [0.05, 0.1) is 13.0 Å². The predicted octanol–water partition coefficient (Wildman–Crippen LogP) is 3.39. The molecular weight excluding hydrogens is 330 g/mol. The molecule has 142 valence electrons. The fraction of sp³-hybridized carbons (Fsp3) is 0.600. The van der Waals surface area contributed by atoms with Crippen molar-refractivity contribution in [1.29, 1.82) is 0 Å². The molecule has 0 spiro atoms. The van der Waals surface area contributed by atoms with E-state index in [0.29, 0.717) is 19.1 Å². The Morgan fingerprint density at radius 1 is 1.04 bits per heavy atom. The van der Waals surface area contributed by atoms with E-state index in [4.69, 9.17) is 4.74 Å². The van der Waals surface area contributed by atoms with Gasteiger partial charge in [0.1, 0.15) is 5.75 Å². The lowest BCUT2D eigenvalue weighted by molar-refractivity contribution is -0.127. The van der Waals surface area contributed by atoms with Crippen LogP contribution in [0.2, 0.25) is 0 Å². The first-order valence-corrected chi connectivity index (χ1v) is 9.66. The molecule has 0 unspecified atom stereocenters. The molecule has 1 atom stereocenters. The van der Waals surface area contributed by atoms with Crippen LogP contribution in [-0.4, -0.2) is 43.1 Å². The van der Waals surface area contributed by atoms with Crippen molar-refractivity contribution in [3.63, 3.8) is 0 Å². The predicted molar refractivity (Wildman–Crippen MR) is 101 cm³/mol. The van der Waals surface area contributed by atoms with E-state index in [1.165, 1.54) is 19.3 Å². The van der Waals surface area contributed by atoms with Crippen LogP contribution in [0.1, 0.15) is 44.9 Å². The molecule has 0 bridgehead atoms. The molecule has 2 aliphatic rings. The molecule has 1 aromatic carbocycles. The minimum atomic E-state index is -0.148. The first-order chi connectivity index (χ1) is 12.7. The maximum atomic E-state index is 12.6. The summed E-state index contributed by atoms with van der Waals surface area (Å²) in [6, 6.07) is 7.42. The van der Waals surface area contributed by atoms with Crippen LogP contribution in [0.5, 0.6) is 5.75 Å². The van der Waals surface area contributed by atoms with Crippen molar-refractivity contribution in [3.8, 4) is 5.75 Å². The number of urea groups is 1. The van der Waals surface area contributed by atoms with Crippen molar-refractivity contribution in [3.05, 3.63) is 24.3 Å². The van der Waals surface area contributed by atoms with Gasteiger partial charge in [0, 0.05) is 24.8 Å². The highest BCUT2D eigenvalue weighted by atomic mass is 16.5. The number of methoxy groups -OCH3 is 1. The van der Waals surface area contributed by atoms with Gasteiger partial charge in [-0.05, 0) is 49.9 Å². The molecular formula is C20H29N3O3. The van der Waals surface area contributed by atoms with Gasteiger partial charge in [0.2, 0.25) is 5.91 Å². The van der Waals surface area contributed by atoms with Gasteiger partial charge in [-0.3, -0.25) is 4.79 Å². The Balaban J connectivity index is 1.51. The summed E-state index contributed by atoms with van der Waals surface area (Å²) in [6.07, 6.45) is 7.55. The Bertz CT molecular complexity index is 611. The van der Waals surface area contributed by atoms with E-state index in [9.17, 15) is 9.59 Å². The van der Waals surface area contributed by atoms with Crippen molar-refractivity contribution in [2.75, 3.05) is 25.5 Å². The smallest absolute Gasteiger partial charge is 0.321 e. The fourth-order valence-electron chi connectivity index (χ4n) is 3.82. The van der Waals surface area contributed by atoms with Crippen LogP contribution in [0.25, 0.3) is 0 Å². The molecule has 6 heteroatoms. The van der Waals surface area contributed by atoms with Crippen LogP contribution in [0, 0.1) is 5.92 Å². The molecule has 0 aromatic heterocycles. The molecule has 1 heterocycles. The molecule has 1 aliphatic carbocycles. The average Bonchev–Trinajstić information content (AvgIpc) is 2.69. The standard InChI is InChI=1S/C20H29N3O3/c1-26-18-11-9-17(10-12-18)22-20(25)23-13-5-6-15(14-23)19(24)21-16-7-3-2-4-8-16/h9-12,15-16H,2-8,13-14H2,1H3,(H,21,24)(H,22,25)/t15-/m0/s1. The third-order valence-electron chi connectivity index (χ3n) is 5.37. The Labute approximate surface area is 155 Å². The largest absolute Gasteiger partial charge is 0.497 e. The highest BCUT2D eigenvalue weighted by Crippen LogP contribution is 2.22. The lowest BCUT2D eigenvalue weighted by Gasteiger charge is -2.33. The van der Waals surface area contributed by atoms with E-state index < -0.39 is 0 Å².